The molecule has 5 nitrogen and oxygen atoms in total. The summed E-state index contributed by atoms with van der Waals surface area (Å²) in [5.74, 6) is -0.510. The quantitative estimate of drug-likeness (QED) is 0.733. The predicted molar refractivity (Wildman–Crippen MR) is 96.5 cm³/mol. The number of hydrogen-bond donors (Lipinski definition) is 1. The van der Waals surface area contributed by atoms with Crippen molar-refractivity contribution in [1.29, 1.82) is 0 Å². The summed E-state index contributed by atoms with van der Waals surface area (Å²) in [5, 5.41) is 9.19. The standard InChI is InChI=1S/C20H29NO4/c1-14(25-20(4,5)13-19(2,3)10-11-22)12-21-17(23)15-8-6-7-9-16(15)18(21)24/h6-9,14,22H,10-13H2,1-5H3. The Morgan fingerprint density at radius 3 is 2.08 bits per heavy atom. The van der Waals surface area contributed by atoms with Crippen LogP contribution in [0.1, 0.15) is 68.2 Å². The van der Waals surface area contributed by atoms with E-state index in [1.165, 1.54) is 4.90 Å². The lowest BCUT2D eigenvalue weighted by molar-refractivity contribution is -0.0913. The van der Waals surface area contributed by atoms with E-state index in [1.807, 2.05) is 20.8 Å². The minimum Gasteiger partial charge on any atom is -0.396 e. The molecule has 0 saturated carbocycles. The zero-order chi connectivity index (χ0) is 18.8. The summed E-state index contributed by atoms with van der Waals surface area (Å²) in [6.07, 6.45) is 1.20. The van der Waals surface area contributed by atoms with Crippen molar-refractivity contribution >= 4 is 11.8 Å². The SMILES string of the molecule is CC(CN1C(=O)c2ccccc2C1=O)OC(C)(C)CC(C)(C)CCO. The molecule has 1 aromatic carbocycles. The third-order valence-corrected chi connectivity index (χ3v) is 4.53. The van der Waals surface area contributed by atoms with E-state index in [0.29, 0.717) is 17.5 Å². The highest BCUT2D eigenvalue weighted by Gasteiger charge is 2.37. The van der Waals surface area contributed by atoms with Gasteiger partial charge in [-0.15, -0.1) is 0 Å². The van der Waals surface area contributed by atoms with Gasteiger partial charge in [-0.05, 0) is 51.2 Å². The highest BCUT2D eigenvalue weighted by atomic mass is 16.5. The normalized spacial score (nSPS) is 16.3. The molecule has 5 heteroatoms. The number of amides is 2. The summed E-state index contributed by atoms with van der Waals surface area (Å²) in [6, 6.07) is 6.89. The van der Waals surface area contributed by atoms with Gasteiger partial charge in [0.2, 0.25) is 0 Å². The van der Waals surface area contributed by atoms with Gasteiger partial charge in [-0.3, -0.25) is 14.5 Å². The van der Waals surface area contributed by atoms with Crippen molar-refractivity contribution in [3.8, 4) is 0 Å². The number of fused-ring (bicyclic) bond motifs is 1. The smallest absolute Gasteiger partial charge is 0.261 e. The predicted octanol–water partition coefficient (Wildman–Crippen LogP) is 3.27. The van der Waals surface area contributed by atoms with Crippen LogP contribution in [0, 0.1) is 5.41 Å². The van der Waals surface area contributed by atoms with Crippen molar-refractivity contribution < 1.29 is 19.4 Å². The minimum absolute atomic E-state index is 0.0481. The number of carbonyl (C=O) groups excluding carboxylic acids is 2. The van der Waals surface area contributed by atoms with Crippen LogP contribution in [0.25, 0.3) is 0 Å². The van der Waals surface area contributed by atoms with Gasteiger partial charge in [-0.2, -0.15) is 0 Å². The third kappa shape index (κ3) is 4.67. The van der Waals surface area contributed by atoms with Crippen LogP contribution in [0.2, 0.25) is 0 Å². The first-order valence-corrected chi connectivity index (χ1v) is 8.80. The summed E-state index contributed by atoms with van der Waals surface area (Å²) in [6.45, 7) is 10.5. The van der Waals surface area contributed by atoms with Crippen LogP contribution in [0.4, 0.5) is 0 Å². The van der Waals surface area contributed by atoms with Gasteiger partial charge in [-0.1, -0.05) is 26.0 Å². The molecular weight excluding hydrogens is 318 g/mol. The molecule has 1 aromatic rings. The molecule has 0 spiro atoms. The van der Waals surface area contributed by atoms with Crippen molar-refractivity contribution in [2.24, 2.45) is 5.41 Å². The Bertz CT molecular complexity index is 616. The molecule has 0 bridgehead atoms. The Morgan fingerprint density at radius 2 is 1.60 bits per heavy atom. The van der Waals surface area contributed by atoms with Crippen molar-refractivity contribution in [2.75, 3.05) is 13.2 Å². The molecule has 1 N–H and O–H groups in total. The number of aliphatic hydroxyl groups is 1. The Balaban J connectivity index is 2.00. The van der Waals surface area contributed by atoms with Crippen molar-refractivity contribution in [3.63, 3.8) is 0 Å². The number of aliphatic hydroxyl groups excluding tert-OH is 1. The van der Waals surface area contributed by atoms with Crippen LogP contribution >= 0.6 is 0 Å². The van der Waals surface area contributed by atoms with Crippen molar-refractivity contribution in [3.05, 3.63) is 35.4 Å². The van der Waals surface area contributed by atoms with Crippen LogP contribution in [0.5, 0.6) is 0 Å². The monoisotopic (exact) mass is 347 g/mol. The fourth-order valence-corrected chi connectivity index (χ4v) is 3.83. The molecule has 1 heterocycles. The van der Waals surface area contributed by atoms with E-state index < -0.39 is 5.60 Å². The molecule has 2 rings (SSSR count). The second kappa shape index (κ2) is 7.26. The minimum atomic E-state index is -0.420. The Labute approximate surface area is 150 Å². The van der Waals surface area contributed by atoms with Gasteiger partial charge in [0.05, 0.1) is 29.4 Å². The average Bonchev–Trinajstić information content (AvgIpc) is 2.71. The van der Waals surface area contributed by atoms with E-state index in [1.54, 1.807) is 24.3 Å². The highest BCUT2D eigenvalue weighted by molar-refractivity contribution is 6.21. The molecule has 0 aliphatic carbocycles. The van der Waals surface area contributed by atoms with Crippen LogP contribution in [-0.4, -0.2) is 46.7 Å². The first-order valence-electron chi connectivity index (χ1n) is 8.80. The summed E-state index contributed by atoms with van der Waals surface area (Å²) in [4.78, 5) is 26.2. The van der Waals surface area contributed by atoms with Gasteiger partial charge in [0, 0.05) is 6.61 Å². The molecule has 1 aliphatic heterocycles. The largest absolute Gasteiger partial charge is 0.396 e. The summed E-state index contributed by atoms with van der Waals surface area (Å²) < 4.78 is 6.15. The van der Waals surface area contributed by atoms with Crippen LogP contribution in [0.15, 0.2) is 24.3 Å². The van der Waals surface area contributed by atoms with Gasteiger partial charge in [0.25, 0.3) is 11.8 Å². The maximum absolute atomic E-state index is 12.4. The summed E-state index contributed by atoms with van der Waals surface area (Å²) in [7, 11) is 0. The number of rotatable bonds is 8. The maximum atomic E-state index is 12.4. The van der Waals surface area contributed by atoms with Crippen LogP contribution < -0.4 is 0 Å². The molecular formula is C20H29NO4. The molecule has 1 atom stereocenters. The zero-order valence-electron chi connectivity index (χ0n) is 15.8. The number of benzene rings is 1. The van der Waals surface area contributed by atoms with Gasteiger partial charge in [0.1, 0.15) is 0 Å². The Morgan fingerprint density at radius 1 is 1.08 bits per heavy atom. The molecule has 2 amide bonds. The first-order chi connectivity index (χ1) is 11.6. The highest BCUT2D eigenvalue weighted by Crippen LogP contribution is 2.34. The molecule has 25 heavy (non-hydrogen) atoms. The molecule has 138 valence electrons. The second-order valence-electron chi connectivity index (χ2n) is 8.27. The number of carbonyl (C=O) groups is 2. The van der Waals surface area contributed by atoms with E-state index in [-0.39, 0.29) is 36.5 Å². The lowest BCUT2D eigenvalue weighted by Gasteiger charge is -2.37. The summed E-state index contributed by atoms with van der Waals surface area (Å²) >= 11 is 0. The molecule has 0 aromatic heterocycles. The fraction of sp³-hybridized carbons (Fsp3) is 0.600. The third-order valence-electron chi connectivity index (χ3n) is 4.53. The fourth-order valence-electron chi connectivity index (χ4n) is 3.83. The summed E-state index contributed by atoms with van der Waals surface area (Å²) in [5.41, 5.74) is 0.454. The first kappa shape index (κ1) is 19.6. The molecule has 0 fully saturated rings. The number of nitrogens with zero attached hydrogens (tertiary/aromatic N) is 1. The van der Waals surface area contributed by atoms with E-state index in [0.717, 1.165) is 6.42 Å². The molecule has 0 saturated heterocycles. The molecule has 1 aliphatic rings. The van der Waals surface area contributed by atoms with E-state index in [4.69, 9.17) is 4.74 Å². The number of hydrogen-bond acceptors (Lipinski definition) is 4. The van der Waals surface area contributed by atoms with Gasteiger partial charge < -0.3 is 9.84 Å². The molecule has 0 radical (unpaired) electrons. The van der Waals surface area contributed by atoms with Gasteiger partial charge in [0.15, 0.2) is 0 Å². The Kier molecular flexibility index (Phi) is 5.69. The van der Waals surface area contributed by atoms with Gasteiger partial charge >= 0.3 is 0 Å². The topological polar surface area (TPSA) is 66.8 Å². The van der Waals surface area contributed by atoms with E-state index >= 15 is 0 Å². The van der Waals surface area contributed by atoms with Crippen molar-refractivity contribution in [2.45, 2.75) is 59.2 Å². The van der Waals surface area contributed by atoms with Crippen LogP contribution in [0.3, 0.4) is 0 Å². The Hall–Kier alpha value is -1.72. The zero-order valence-corrected chi connectivity index (χ0v) is 15.8. The second-order valence-corrected chi connectivity index (χ2v) is 8.27. The maximum Gasteiger partial charge on any atom is 0.261 e. The van der Waals surface area contributed by atoms with Crippen LogP contribution in [-0.2, 0) is 4.74 Å². The lowest BCUT2D eigenvalue weighted by Crippen LogP contribution is -2.42. The number of imide groups is 1. The molecule has 1 unspecified atom stereocenters. The van der Waals surface area contributed by atoms with E-state index in [9.17, 15) is 14.7 Å². The number of ether oxygens (including phenoxy) is 1. The lowest BCUT2D eigenvalue weighted by atomic mass is 9.79. The van der Waals surface area contributed by atoms with Gasteiger partial charge in [-0.25, -0.2) is 0 Å². The van der Waals surface area contributed by atoms with E-state index in [2.05, 4.69) is 13.8 Å². The average molecular weight is 347 g/mol. The van der Waals surface area contributed by atoms with Crippen molar-refractivity contribution in [1.82, 2.24) is 4.90 Å².